The summed E-state index contributed by atoms with van der Waals surface area (Å²) in [6, 6.07) is 9.68. The minimum atomic E-state index is -0.110. The fourth-order valence-electron chi connectivity index (χ4n) is 3.81. The summed E-state index contributed by atoms with van der Waals surface area (Å²) in [5.74, 6) is 0.00560. The second-order valence-electron chi connectivity index (χ2n) is 7.08. The average molecular weight is 370 g/mol. The molecule has 27 heavy (non-hydrogen) atoms. The van der Waals surface area contributed by atoms with E-state index in [1.807, 2.05) is 29.2 Å². The molecule has 1 unspecified atom stereocenters. The number of piperidine rings is 1. The van der Waals surface area contributed by atoms with E-state index < -0.39 is 0 Å². The van der Waals surface area contributed by atoms with Gasteiger partial charge in [0.05, 0.1) is 17.6 Å². The standard InChI is InChI=1S/C20H26N4O3/c1-27-15-19(25)24-8-2-3-17(14-24)20(26)23-11-9-22(10-12-23)18-6-4-16(13-21)5-7-18/h4-7,17H,2-3,8-12,14-15H2,1H3. The molecule has 1 aromatic carbocycles. The summed E-state index contributed by atoms with van der Waals surface area (Å²) in [6.07, 6.45) is 1.70. The van der Waals surface area contributed by atoms with Gasteiger partial charge in [-0.25, -0.2) is 0 Å². The number of amides is 2. The molecule has 7 nitrogen and oxygen atoms in total. The maximum absolute atomic E-state index is 12.9. The van der Waals surface area contributed by atoms with Gasteiger partial charge in [0.2, 0.25) is 11.8 Å². The molecule has 2 aliphatic rings. The molecule has 0 bridgehead atoms. The zero-order chi connectivity index (χ0) is 19.2. The zero-order valence-corrected chi connectivity index (χ0v) is 15.8. The van der Waals surface area contributed by atoms with Crippen molar-refractivity contribution in [2.24, 2.45) is 5.92 Å². The Morgan fingerprint density at radius 3 is 2.44 bits per heavy atom. The Hall–Kier alpha value is -2.59. The van der Waals surface area contributed by atoms with Gasteiger partial charge in [-0.05, 0) is 37.1 Å². The molecule has 2 amide bonds. The normalized spacial score (nSPS) is 20.3. The molecule has 2 heterocycles. The molecule has 7 heteroatoms. The van der Waals surface area contributed by atoms with Gasteiger partial charge in [-0.2, -0.15) is 5.26 Å². The molecule has 0 saturated carbocycles. The Morgan fingerprint density at radius 2 is 1.81 bits per heavy atom. The number of likely N-dealkylation sites (tertiary alicyclic amines) is 1. The quantitative estimate of drug-likeness (QED) is 0.793. The summed E-state index contributed by atoms with van der Waals surface area (Å²) in [4.78, 5) is 30.9. The van der Waals surface area contributed by atoms with Crippen LogP contribution in [0.4, 0.5) is 5.69 Å². The predicted molar refractivity (Wildman–Crippen MR) is 101 cm³/mol. The number of nitriles is 1. The van der Waals surface area contributed by atoms with Gasteiger partial charge < -0.3 is 19.4 Å². The summed E-state index contributed by atoms with van der Waals surface area (Å²) >= 11 is 0. The van der Waals surface area contributed by atoms with Gasteiger partial charge >= 0.3 is 0 Å². The predicted octanol–water partition coefficient (Wildman–Crippen LogP) is 1.09. The Balaban J connectivity index is 1.53. The first kappa shape index (κ1) is 19.2. The second-order valence-corrected chi connectivity index (χ2v) is 7.08. The molecule has 2 saturated heterocycles. The summed E-state index contributed by atoms with van der Waals surface area (Å²) in [7, 11) is 1.51. The third-order valence-electron chi connectivity index (χ3n) is 5.34. The SMILES string of the molecule is COCC(=O)N1CCCC(C(=O)N2CCN(c3ccc(C#N)cc3)CC2)C1. The van der Waals surface area contributed by atoms with Gasteiger partial charge in [0.25, 0.3) is 0 Å². The first-order chi connectivity index (χ1) is 13.1. The van der Waals surface area contributed by atoms with E-state index in [9.17, 15) is 9.59 Å². The van der Waals surface area contributed by atoms with E-state index in [-0.39, 0.29) is 24.3 Å². The van der Waals surface area contributed by atoms with Crippen molar-refractivity contribution in [3.05, 3.63) is 29.8 Å². The monoisotopic (exact) mass is 370 g/mol. The number of carbonyl (C=O) groups excluding carboxylic acids is 2. The summed E-state index contributed by atoms with van der Waals surface area (Å²) in [5, 5.41) is 8.90. The summed E-state index contributed by atoms with van der Waals surface area (Å²) in [6.45, 7) is 4.19. The van der Waals surface area contributed by atoms with E-state index >= 15 is 0 Å². The van der Waals surface area contributed by atoms with E-state index in [2.05, 4.69) is 11.0 Å². The third-order valence-corrected chi connectivity index (χ3v) is 5.34. The molecule has 2 fully saturated rings. The molecule has 0 aromatic heterocycles. The second kappa shape index (κ2) is 8.87. The van der Waals surface area contributed by atoms with Gasteiger partial charge in [0.15, 0.2) is 0 Å². The van der Waals surface area contributed by atoms with Crippen LogP contribution in [-0.4, -0.2) is 74.6 Å². The van der Waals surface area contributed by atoms with Crippen molar-refractivity contribution in [3.63, 3.8) is 0 Å². The van der Waals surface area contributed by atoms with E-state index in [0.29, 0.717) is 31.7 Å². The fraction of sp³-hybridized carbons (Fsp3) is 0.550. The molecule has 3 rings (SSSR count). The number of piperazine rings is 1. The van der Waals surface area contributed by atoms with Crippen molar-refractivity contribution < 1.29 is 14.3 Å². The summed E-state index contributed by atoms with van der Waals surface area (Å²) in [5.41, 5.74) is 1.73. The highest BCUT2D eigenvalue weighted by Crippen LogP contribution is 2.22. The Kier molecular flexibility index (Phi) is 6.30. The lowest BCUT2D eigenvalue weighted by atomic mass is 9.96. The number of anilines is 1. The molecule has 144 valence electrons. The maximum Gasteiger partial charge on any atom is 0.248 e. The van der Waals surface area contributed by atoms with Crippen LogP contribution in [0.15, 0.2) is 24.3 Å². The third kappa shape index (κ3) is 4.58. The molecule has 2 aliphatic heterocycles. The van der Waals surface area contributed by atoms with Crippen LogP contribution in [0.25, 0.3) is 0 Å². The highest BCUT2D eigenvalue weighted by atomic mass is 16.5. The molecular formula is C20H26N4O3. The molecule has 1 aromatic rings. The van der Waals surface area contributed by atoms with E-state index in [1.54, 1.807) is 4.90 Å². The maximum atomic E-state index is 12.9. The first-order valence-electron chi connectivity index (χ1n) is 9.43. The van der Waals surface area contributed by atoms with Crippen LogP contribution in [0.5, 0.6) is 0 Å². The van der Waals surface area contributed by atoms with Crippen LogP contribution in [0, 0.1) is 17.2 Å². The number of carbonyl (C=O) groups is 2. The van der Waals surface area contributed by atoms with Crippen molar-refractivity contribution in [2.75, 3.05) is 57.9 Å². The average Bonchev–Trinajstić information content (AvgIpc) is 2.73. The van der Waals surface area contributed by atoms with Crippen molar-refractivity contribution >= 4 is 17.5 Å². The molecular weight excluding hydrogens is 344 g/mol. The minimum absolute atomic E-state index is 0.0411. The molecule has 0 spiro atoms. The zero-order valence-electron chi connectivity index (χ0n) is 15.8. The molecule has 0 radical (unpaired) electrons. The van der Waals surface area contributed by atoms with Gasteiger partial charge in [-0.1, -0.05) is 0 Å². The van der Waals surface area contributed by atoms with E-state index in [4.69, 9.17) is 10.00 Å². The summed E-state index contributed by atoms with van der Waals surface area (Å²) < 4.78 is 4.93. The lowest BCUT2D eigenvalue weighted by molar-refractivity contribution is -0.142. The smallest absolute Gasteiger partial charge is 0.248 e. The van der Waals surface area contributed by atoms with Gasteiger partial charge in [-0.15, -0.1) is 0 Å². The number of benzene rings is 1. The Bertz CT molecular complexity index is 705. The highest BCUT2D eigenvalue weighted by molar-refractivity contribution is 5.82. The lowest BCUT2D eigenvalue weighted by Crippen LogP contribution is -2.53. The number of rotatable bonds is 4. The highest BCUT2D eigenvalue weighted by Gasteiger charge is 2.32. The van der Waals surface area contributed by atoms with Crippen LogP contribution >= 0.6 is 0 Å². The minimum Gasteiger partial charge on any atom is -0.375 e. The number of nitrogens with zero attached hydrogens (tertiary/aromatic N) is 4. The molecule has 0 N–H and O–H groups in total. The van der Waals surface area contributed by atoms with Crippen molar-refractivity contribution in [2.45, 2.75) is 12.8 Å². The Morgan fingerprint density at radius 1 is 1.11 bits per heavy atom. The first-order valence-corrected chi connectivity index (χ1v) is 9.43. The van der Waals surface area contributed by atoms with Crippen molar-refractivity contribution in [3.8, 4) is 6.07 Å². The van der Waals surface area contributed by atoms with Crippen LogP contribution in [0.2, 0.25) is 0 Å². The molecule has 1 atom stereocenters. The number of ether oxygens (including phenoxy) is 1. The van der Waals surface area contributed by atoms with Gasteiger partial charge in [0, 0.05) is 52.1 Å². The van der Waals surface area contributed by atoms with Crippen LogP contribution < -0.4 is 4.90 Å². The van der Waals surface area contributed by atoms with Crippen LogP contribution in [0.1, 0.15) is 18.4 Å². The van der Waals surface area contributed by atoms with Crippen molar-refractivity contribution in [1.29, 1.82) is 5.26 Å². The lowest BCUT2D eigenvalue weighted by Gasteiger charge is -2.39. The van der Waals surface area contributed by atoms with E-state index in [1.165, 1.54) is 7.11 Å². The topological polar surface area (TPSA) is 76.9 Å². The fourth-order valence-corrected chi connectivity index (χ4v) is 3.81. The largest absolute Gasteiger partial charge is 0.375 e. The van der Waals surface area contributed by atoms with Crippen LogP contribution in [0.3, 0.4) is 0 Å². The number of hydrogen-bond acceptors (Lipinski definition) is 5. The van der Waals surface area contributed by atoms with E-state index in [0.717, 1.165) is 31.6 Å². The van der Waals surface area contributed by atoms with Gasteiger partial charge in [0.1, 0.15) is 6.61 Å². The van der Waals surface area contributed by atoms with Crippen molar-refractivity contribution in [1.82, 2.24) is 9.80 Å². The Labute approximate surface area is 160 Å². The number of hydrogen-bond donors (Lipinski definition) is 0. The van der Waals surface area contributed by atoms with Crippen LogP contribution in [-0.2, 0) is 14.3 Å². The van der Waals surface area contributed by atoms with Gasteiger partial charge in [-0.3, -0.25) is 9.59 Å². The molecule has 0 aliphatic carbocycles. The number of methoxy groups -OCH3 is 1.